The molecule has 4 rings (SSSR count). The van der Waals surface area contributed by atoms with E-state index in [9.17, 15) is 10.1 Å². The fourth-order valence-electron chi connectivity index (χ4n) is 2.81. The van der Waals surface area contributed by atoms with E-state index in [1.807, 2.05) is 19.1 Å². The SMILES string of the molecule is C[C@H](Nc1nc2sccn2c1[N+](=O)[O-])c1ccc2c(c1)CCO2. The minimum Gasteiger partial charge on any atom is -0.493 e. The summed E-state index contributed by atoms with van der Waals surface area (Å²) in [6.45, 7) is 2.68. The van der Waals surface area contributed by atoms with Gasteiger partial charge in [0, 0.05) is 11.8 Å². The minimum absolute atomic E-state index is 0.0300. The van der Waals surface area contributed by atoms with Crippen molar-refractivity contribution in [3.8, 4) is 5.75 Å². The van der Waals surface area contributed by atoms with Gasteiger partial charge in [0.05, 0.1) is 12.6 Å². The second-order valence-electron chi connectivity index (χ2n) is 5.43. The number of nitrogens with one attached hydrogen (secondary N) is 1. The maximum atomic E-state index is 11.4. The van der Waals surface area contributed by atoms with Crippen molar-refractivity contribution >= 4 is 27.9 Å². The standard InChI is InChI=1S/C15H14N4O3S/c1-9(10-2-3-12-11(8-10)4-6-22-12)16-13-14(19(20)21)18-5-7-23-15(18)17-13/h2-3,5,7-9,16H,4,6H2,1H3/t9-/m0/s1. The molecule has 0 saturated carbocycles. The van der Waals surface area contributed by atoms with Crippen molar-refractivity contribution in [2.75, 3.05) is 11.9 Å². The van der Waals surface area contributed by atoms with Crippen LogP contribution in [0.4, 0.5) is 11.6 Å². The van der Waals surface area contributed by atoms with Gasteiger partial charge in [-0.15, -0.1) is 0 Å². The number of imidazole rings is 1. The van der Waals surface area contributed by atoms with E-state index < -0.39 is 4.92 Å². The molecule has 0 bridgehead atoms. The van der Waals surface area contributed by atoms with Crippen molar-refractivity contribution in [1.82, 2.24) is 9.38 Å². The number of aromatic nitrogens is 2. The second kappa shape index (κ2) is 5.24. The molecule has 2 aromatic heterocycles. The van der Waals surface area contributed by atoms with Gasteiger partial charge < -0.3 is 20.2 Å². The molecular weight excluding hydrogens is 316 g/mol. The number of hydrogen-bond donors (Lipinski definition) is 1. The van der Waals surface area contributed by atoms with E-state index in [0.717, 1.165) is 17.7 Å². The summed E-state index contributed by atoms with van der Waals surface area (Å²) in [6, 6.07) is 5.93. The molecule has 1 atom stereocenters. The normalized spacial score (nSPS) is 14.5. The van der Waals surface area contributed by atoms with Crippen LogP contribution in [0.2, 0.25) is 0 Å². The van der Waals surface area contributed by atoms with E-state index in [1.54, 1.807) is 11.6 Å². The van der Waals surface area contributed by atoms with Crippen LogP contribution in [0.15, 0.2) is 29.8 Å². The highest BCUT2D eigenvalue weighted by Crippen LogP contribution is 2.33. The quantitative estimate of drug-likeness (QED) is 0.585. The number of hydrogen-bond acceptors (Lipinski definition) is 6. The van der Waals surface area contributed by atoms with Crippen LogP contribution in [-0.4, -0.2) is 20.9 Å². The summed E-state index contributed by atoms with van der Waals surface area (Å²) in [5, 5.41) is 16.3. The molecule has 0 unspecified atom stereocenters. The number of nitrogens with zero attached hydrogens (tertiary/aromatic N) is 3. The lowest BCUT2D eigenvalue weighted by molar-refractivity contribution is -0.389. The lowest BCUT2D eigenvalue weighted by Gasteiger charge is -2.14. The maximum Gasteiger partial charge on any atom is 0.372 e. The zero-order valence-electron chi connectivity index (χ0n) is 12.4. The van der Waals surface area contributed by atoms with E-state index in [1.165, 1.54) is 21.3 Å². The van der Waals surface area contributed by atoms with Gasteiger partial charge in [-0.1, -0.05) is 17.4 Å². The molecule has 0 fully saturated rings. The molecule has 0 spiro atoms. The molecule has 0 saturated heterocycles. The van der Waals surface area contributed by atoms with Crippen LogP contribution in [0.5, 0.6) is 5.75 Å². The predicted molar refractivity (Wildman–Crippen MR) is 87.4 cm³/mol. The molecule has 1 aliphatic heterocycles. The molecule has 3 aromatic rings. The highest BCUT2D eigenvalue weighted by atomic mass is 32.1. The first kappa shape index (κ1) is 14.0. The second-order valence-corrected chi connectivity index (χ2v) is 6.30. The molecule has 0 radical (unpaired) electrons. The Morgan fingerprint density at radius 2 is 2.39 bits per heavy atom. The average molecular weight is 330 g/mol. The molecule has 3 heterocycles. The maximum absolute atomic E-state index is 11.4. The third-order valence-electron chi connectivity index (χ3n) is 3.98. The number of nitro groups is 1. The van der Waals surface area contributed by atoms with Gasteiger partial charge in [-0.2, -0.15) is 9.38 Å². The molecule has 23 heavy (non-hydrogen) atoms. The summed E-state index contributed by atoms with van der Waals surface area (Å²) in [5.74, 6) is 1.19. The Balaban J connectivity index is 1.66. The summed E-state index contributed by atoms with van der Waals surface area (Å²) in [4.78, 5) is 15.9. The van der Waals surface area contributed by atoms with Gasteiger partial charge in [0.1, 0.15) is 11.9 Å². The predicted octanol–water partition coefficient (Wildman–Crippen LogP) is 3.41. The number of ether oxygens (including phenoxy) is 1. The summed E-state index contributed by atoms with van der Waals surface area (Å²) in [5.41, 5.74) is 2.23. The van der Waals surface area contributed by atoms with Crippen LogP contribution in [-0.2, 0) is 6.42 Å². The number of rotatable bonds is 4. The van der Waals surface area contributed by atoms with E-state index in [4.69, 9.17) is 4.74 Å². The topological polar surface area (TPSA) is 81.7 Å². The van der Waals surface area contributed by atoms with Crippen LogP contribution >= 0.6 is 11.3 Å². The van der Waals surface area contributed by atoms with Crippen molar-refractivity contribution in [1.29, 1.82) is 0 Å². The van der Waals surface area contributed by atoms with Crippen molar-refractivity contribution in [2.45, 2.75) is 19.4 Å². The lowest BCUT2D eigenvalue weighted by atomic mass is 10.0. The smallest absolute Gasteiger partial charge is 0.372 e. The summed E-state index contributed by atoms with van der Waals surface area (Å²) in [7, 11) is 0. The van der Waals surface area contributed by atoms with Gasteiger partial charge in [-0.3, -0.25) is 0 Å². The Hall–Kier alpha value is -2.61. The fourth-order valence-corrected chi connectivity index (χ4v) is 3.52. The van der Waals surface area contributed by atoms with Crippen LogP contribution in [0.3, 0.4) is 0 Å². The van der Waals surface area contributed by atoms with Crippen LogP contribution < -0.4 is 10.1 Å². The lowest BCUT2D eigenvalue weighted by Crippen LogP contribution is -2.09. The number of anilines is 1. The molecule has 1 N–H and O–H groups in total. The first-order chi connectivity index (χ1) is 11.1. The van der Waals surface area contributed by atoms with Gasteiger partial charge in [-0.25, -0.2) is 0 Å². The summed E-state index contributed by atoms with van der Waals surface area (Å²) >= 11 is 1.37. The molecule has 7 nitrogen and oxygen atoms in total. The Morgan fingerprint density at radius 1 is 1.52 bits per heavy atom. The molecule has 8 heteroatoms. The van der Waals surface area contributed by atoms with Gasteiger partial charge >= 0.3 is 5.82 Å². The van der Waals surface area contributed by atoms with E-state index in [2.05, 4.69) is 16.4 Å². The monoisotopic (exact) mass is 330 g/mol. The van der Waals surface area contributed by atoms with Gasteiger partial charge in [-0.05, 0) is 35.1 Å². The van der Waals surface area contributed by atoms with Crippen molar-refractivity contribution < 1.29 is 9.66 Å². The third kappa shape index (κ3) is 2.31. The number of fused-ring (bicyclic) bond motifs is 2. The Kier molecular flexibility index (Phi) is 3.19. The fraction of sp³-hybridized carbons (Fsp3) is 0.267. The molecule has 0 aliphatic carbocycles. The van der Waals surface area contributed by atoms with E-state index in [0.29, 0.717) is 17.4 Å². The molecule has 1 aliphatic rings. The summed E-state index contributed by atoms with van der Waals surface area (Å²) < 4.78 is 7.00. The largest absolute Gasteiger partial charge is 0.493 e. The minimum atomic E-state index is -0.404. The first-order valence-electron chi connectivity index (χ1n) is 7.25. The molecule has 0 amide bonds. The third-order valence-corrected chi connectivity index (χ3v) is 4.73. The van der Waals surface area contributed by atoms with E-state index in [-0.39, 0.29) is 11.9 Å². The van der Waals surface area contributed by atoms with Crippen molar-refractivity contribution in [3.05, 3.63) is 51.0 Å². The highest BCUT2D eigenvalue weighted by Gasteiger charge is 2.25. The summed E-state index contributed by atoms with van der Waals surface area (Å²) in [6.07, 6.45) is 2.56. The van der Waals surface area contributed by atoms with Crippen molar-refractivity contribution in [3.63, 3.8) is 0 Å². The average Bonchev–Trinajstić information content (AvgIpc) is 3.20. The zero-order valence-corrected chi connectivity index (χ0v) is 13.2. The van der Waals surface area contributed by atoms with Crippen LogP contribution in [0.1, 0.15) is 24.1 Å². The van der Waals surface area contributed by atoms with Gasteiger partial charge in [0.2, 0.25) is 5.82 Å². The Bertz CT molecular complexity index is 901. The zero-order chi connectivity index (χ0) is 16.0. The molecular formula is C15H14N4O3S. The first-order valence-corrected chi connectivity index (χ1v) is 8.13. The number of thiazole rings is 1. The van der Waals surface area contributed by atoms with Gasteiger partial charge in [0.25, 0.3) is 4.96 Å². The van der Waals surface area contributed by atoms with E-state index >= 15 is 0 Å². The van der Waals surface area contributed by atoms with Crippen molar-refractivity contribution in [2.24, 2.45) is 0 Å². The highest BCUT2D eigenvalue weighted by molar-refractivity contribution is 7.15. The Labute approximate surface area is 135 Å². The van der Waals surface area contributed by atoms with Crippen LogP contribution in [0, 0.1) is 10.1 Å². The Morgan fingerprint density at radius 3 is 3.22 bits per heavy atom. The number of benzene rings is 1. The van der Waals surface area contributed by atoms with Gasteiger partial charge in [0.15, 0.2) is 0 Å². The van der Waals surface area contributed by atoms with Crippen LogP contribution in [0.25, 0.3) is 4.96 Å². The molecule has 1 aromatic carbocycles. The molecule has 118 valence electrons.